The molecule has 1 saturated carbocycles. The van der Waals surface area contributed by atoms with Gasteiger partial charge < -0.3 is 25.6 Å². The van der Waals surface area contributed by atoms with Gasteiger partial charge in [0, 0.05) is 31.7 Å². The lowest BCUT2D eigenvalue weighted by molar-refractivity contribution is -0.142. The van der Waals surface area contributed by atoms with Gasteiger partial charge in [0.1, 0.15) is 11.9 Å². The number of esters is 1. The number of hydrogen-bond acceptors (Lipinski definition) is 8. The summed E-state index contributed by atoms with van der Waals surface area (Å²) in [6, 6.07) is -0.556. The number of amides is 2. The number of nitrogens with one attached hydrogen (secondary N) is 3. The van der Waals surface area contributed by atoms with E-state index in [9.17, 15) is 9.59 Å². The van der Waals surface area contributed by atoms with Crippen molar-refractivity contribution in [2.75, 3.05) is 43.4 Å². The van der Waals surface area contributed by atoms with Crippen LogP contribution in [0, 0.1) is 0 Å². The molecule has 9 nitrogen and oxygen atoms in total. The first kappa shape index (κ1) is 25.4. The first-order valence-electron chi connectivity index (χ1n) is 11.9. The number of rotatable bonds is 9. The average Bonchev–Trinajstić information content (AvgIpc) is 2.81. The number of fused-ring (bicyclic) bond motifs is 1. The summed E-state index contributed by atoms with van der Waals surface area (Å²) in [6.45, 7) is 0. The molecule has 0 aromatic carbocycles. The molecule has 1 heterocycles. The largest absolute Gasteiger partial charge is 0.467 e. The zero-order valence-corrected chi connectivity index (χ0v) is 21.1. The summed E-state index contributed by atoms with van der Waals surface area (Å²) in [7, 11) is 5.42. The summed E-state index contributed by atoms with van der Waals surface area (Å²) < 4.78 is 4.81. The minimum Gasteiger partial charge on any atom is -0.467 e. The molecule has 2 amide bonds. The van der Waals surface area contributed by atoms with Crippen LogP contribution < -0.4 is 20.9 Å². The van der Waals surface area contributed by atoms with E-state index in [1.54, 1.807) is 11.8 Å². The molecule has 2 aliphatic carbocycles. The lowest BCUT2D eigenvalue weighted by Gasteiger charge is -2.31. The third-order valence-corrected chi connectivity index (χ3v) is 7.03. The lowest BCUT2D eigenvalue weighted by atomic mass is 9.91. The second-order valence-electron chi connectivity index (χ2n) is 9.07. The topological polar surface area (TPSA) is 108 Å². The third kappa shape index (κ3) is 7.12. The van der Waals surface area contributed by atoms with Crippen molar-refractivity contribution in [1.29, 1.82) is 0 Å². The minimum absolute atomic E-state index is 0.0867. The normalized spacial score (nSPS) is 20.8. The fourth-order valence-corrected chi connectivity index (χ4v) is 5.06. The second kappa shape index (κ2) is 12.3. The number of carbonyl (C=O) groups excluding carboxylic acids is 2. The number of nitrogens with zero attached hydrogens (tertiary/aromatic N) is 3. The maximum Gasteiger partial charge on any atom is 0.328 e. The van der Waals surface area contributed by atoms with E-state index in [1.165, 1.54) is 31.2 Å². The highest BCUT2D eigenvalue weighted by Crippen LogP contribution is 2.29. The monoisotopic (exact) mass is 478 g/mol. The fourth-order valence-electron chi connectivity index (χ4n) is 4.59. The molecular weight excluding hydrogens is 440 g/mol. The van der Waals surface area contributed by atoms with Gasteiger partial charge in [-0.2, -0.15) is 16.7 Å². The molecule has 0 aliphatic heterocycles. The first-order valence-corrected chi connectivity index (χ1v) is 13.3. The maximum absolute atomic E-state index is 12.4. The highest BCUT2D eigenvalue weighted by Gasteiger charge is 2.26. The Bertz CT molecular complexity index is 814. The average molecular weight is 479 g/mol. The summed E-state index contributed by atoms with van der Waals surface area (Å²) in [5, 5.41) is 9.33. The third-order valence-electron chi connectivity index (χ3n) is 6.38. The first-order chi connectivity index (χ1) is 15.9. The van der Waals surface area contributed by atoms with Gasteiger partial charge in [-0.3, -0.25) is 0 Å². The zero-order chi connectivity index (χ0) is 23.8. The van der Waals surface area contributed by atoms with Gasteiger partial charge in [-0.25, -0.2) is 14.6 Å². The molecule has 10 heteroatoms. The summed E-state index contributed by atoms with van der Waals surface area (Å²) in [5.41, 5.74) is 2.47. The number of aromatic nitrogens is 2. The zero-order valence-electron chi connectivity index (χ0n) is 20.3. The number of aryl methyl sites for hydroxylation is 1. The molecule has 3 rings (SSSR count). The van der Waals surface area contributed by atoms with Crippen LogP contribution in [-0.4, -0.2) is 73.3 Å². The van der Waals surface area contributed by atoms with Crippen LogP contribution in [0.2, 0.25) is 0 Å². The highest BCUT2D eigenvalue weighted by atomic mass is 32.2. The number of urea groups is 1. The Morgan fingerprint density at radius 3 is 2.48 bits per heavy atom. The molecule has 3 N–H and O–H groups in total. The minimum atomic E-state index is -0.618. The molecule has 0 spiro atoms. The predicted octanol–water partition coefficient (Wildman–Crippen LogP) is 2.74. The molecule has 1 atom stereocenters. The van der Waals surface area contributed by atoms with Crippen molar-refractivity contribution < 1.29 is 14.3 Å². The van der Waals surface area contributed by atoms with Crippen molar-refractivity contribution in [1.82, 2.24) is 20.6 Å². The van der Waals surface area contributed by atoms with E-state index >= 15 is 0 Å². The summed E-state index contributed by atoms with van der Waals surface area (Å²) in [4.78, 5) is 36.1. The van der Waals surface area contributed by atoms with E-state index < -0.39 is 12.0 Å². The van der Waals surface area contributed by atoms with Gasteiger partial charge in [-0.1, -0.05) is 0 Å². The van der Waals surface area contributed by atoms with E-state index in [2.05, 4.69) is 20.9 Å². The highest BCUT2D eigenvalue weighted by molar-refractivity contribution is 7.98. The number of ether oxygens (including phenoxy) is 1. The second-order valence-corrected chi connectivity index (χ2v) is 10.1. The van der Waals surface area contributed by atoms with E-state index in [4.69, 9.17) is 14.7 Å². The van der Waals surface area contributed by atoms with E-state index in [1.807, 2.05) is 20.4 Å². The van der Waals surface area contributed by atoms with Crippen molar-refractivity contribution in [3.05, 3.63) is 11.3 Å². The lowest BCUT2D eigenvalue weighted by Crippen LogP contribution is -2.50. The Morgan fingerprint density at radius 1 is 1.12 bits per heavy atom. The smallest absolute Gasteiger partial charge is 0.328 e. The van der Waals surface area contributed by atoms with Crippen molar-refractivity contribution in [2.24, 2.45) is 0 Å². The fraction of sp³-hybridized carbons (Fsp3) is 0.739. The molecule has 1 aromatic rings. The van der Waals surface area contributed by atoms with Crippen LogP contribution in [0.15, 0.2) is 0 Å². The molecule has 0 bridgehead atoms. The van der Waals surface area contributed by atoms with Crippen LogP contribution in [0.25, 0.3) is 0 Å². The summed E-state index contributed by atoms with van der Waals surface area (Å²) >= 11 is 1.63. The standard InChI is InChI=1S/C23H38N6O3S/c1-29(2)20-17-7-5-6-8-18(17)26-22(28-20)24-15-9-11-16(12-10-15)25-23(31)27-19(13-14-33-4)21(30)32-3/h15-16,19H,5-14H2,1-4H3,(H,24,26,28)(H2,25,27,31)/t15-,16+,19?. The van der Waals surface area contributed by atoms with Crippen LogP contribution in [0.4, 0.5) is 16.6 Å². The number of methoxy groups -OCH3 is 1. The van der Waals surface area contributed by atoms with Gasteiger partial charge in [-0.05, 0) is 69.8 Å². The molecule has 2 aliphatic rings. The predicted molar refractivity (Wildman–Crippen MR) is 133 cm³/mol. The summed E-state index contributed by atoms with van der Waals surface area (Å²) in [6.07, 6.45) is 10.6. The Kier molecular flexibility index (Phi) is 9.46. The van der Waals surface area contributed by atoms with Gasteiger partial charge in [0.2, 0.25) is 5.95 Å². The molecular formula is C23H38N6O3S. The Labute approximate surface area is 201 Å². The molecule has 184 valence electrons. The van der Waals surface area contributed by atoms with Crippen molar-refractivity contribution in [2.45, 2.75) is 75.9 Å². The van der Waals surface area contributed by atoms with E-state index in [-0.39, 0.29) is 18.1 Å². The molecule has 33 heavy (non-hydrogen) atoms. The van der Waals surface area contributed by atoms with Gasteiger partial charge in [0.25, 0.3) is 0 Å². The van der Waals surface area contributed by atoms with Crippen LogP contribution in [-0.2, 0) is 22.4 Å². The van der Waals surface area contributed by atoms with Crippen LogP contribution in [0.1, 0.15) is 56.2 Å². The maximum atomic E-state index is 12.4. The molecule has 1 fully saturated rings. The van der Waals surface area contributed by atoms with Gasteiger partial charge in [-0.15, -0.1) is 0 Å². The van der Waals surface area contributed by atoms with Gasteiger partial charge in [0.05, 0.1) is 12.8 Å². The quantitative estimate of drug-likeness (QED) is 0.465. The van der Waals surface area contributed by atoms with Gasteiger partial charge >= 0.3 is 12.0 Å². The molecule has 0 radical (unpaired) electrons. The van der Waals surface area contributed by atoms with Crippen LogP contribution >= 0.6 is 11.8 Å². The molecule has 0 saturated heterocycles. The van der Waals surface area contributed by atoms with Gasteiger partial charge in [0.15, 0.2) is 0 Å². The summed E-state index contributed by atoms with van der Waals surface area (Å²) in [5.74, 6) is 2.10. The molecule has 1 aromatic heterocycles. The van der Waals surface area contributed by atoms with E-state index in [0.29, 0.717) is 12.4 Å². The van der Waals surface area contributed by atoms with Crippen molar-refractivity contribution in [3.8, 4) is 0 Å². The number of hydrogen-bond donors (Lipinski definition) is 3. The Balaban J connectivity index is 1.50. The van der Waals surface area contributed by atoms with Crippen molar-refractivity contribution in [3.63, 3.8) is 0 Å². The Morgan fingerprint density at radius 2 is 1.82 bits per heavy atom. The number of thioether (sulfide) groups is 1. The van der Waals surface area contributed by atoms with Crippen molar-refractivity contribution >= 4 is 35.5 Å². The Hall–Kier alpha value is -2.23. The number of anilines is 2. The SMILES string of the molecule is COC(=O)C(CCSC)NC(=O)N[C@H]1CC[C@@H](Nc2nc3c(c(N(C)C)n2)CCCC3)CC1. The van der Waals surface area contributed by atoms with Crippen LogP contribution in [0.5, 0.6) is 0 Å². The molecule has 1 unspecified atom stereocenters. The number of carbonyl (C=O) groups is 2. The van der Waals surface area contributed by atoms with Crippen LogP contribution in [0.3, 0.4) is 0 Å². The van der Waals surface area contributed by atoms with E-state index in [0.717, 1.165) is 50.1 Å².